The Hall–Kier alpha value is -1.68. The van der Waals surface area contributed by atoms with Crippen molar-refractivity contribution in [1.29, 1.82) is 0 Å². The van der Waals surface area contributed by atoms with Crippen molar-refractivity contribution in [3.8, 4) is 0 Å². The Labute approximate surface area is 114 Å². The summed E-state index contributed by atoms with van der Waals surface area (Å²) >= 11 is 3.42. The van der Waals surface area contributed by atoms with E-state index in [1.807, 2.05) is 24.3 Å². The molecule has 2 rings (SSSR count). The first-order chi connectivity index (χ1) is 8.60. The predicted molar refractivity (Wildman–Crippen MR) is 75.1 cm³/mol. The Bertz CT molecular complexity index is 635. The van der Waals surface area contributed by atoms with Gasteiger partial charge in [0.25, 0.3) is 0 Å². The van der Waals surface area contributed by atoms with E-state index in [0.717, 1.165) is 20.9 Å². The summed E-state index contributed by atoms with van der Waals surface area (Å²) in [7, 11) is 1.37. The molecular weight excluding hydrogens is 294 g/mol. The van der Waals surface area contributed by atoms with Crippen LogP contribution >= 0.6 is 15.9 Å². The zero-order valence-corrected chi connectivity index (χ0v) is 11.7. The lowest BCUT2D eigenvalue weighted by Gasteiger charge is -2.02. The maximum atomic E-state index is 11.3. The van der Waals surface area contributed by atoms with Gasteiger partial charge in [0, 0.05) is 21.6 Å². The van der Waals surface area contributed by atoms with Crippen molar-refractivity contribution in [2.75, 3.05) is 7.11 Å². The summed E-state index contributed by atoms with van der Waals surface area (Å²) in [5, 5.41) is 1.02. The molecule has 18 heavy (non-hydrogen) atoms. The first kappa shape index (κ1) is 12.8. The van der Waals surface area contributed by atoms with Gasteiger partial charge in [0.1, 0.15) is 0 Å². The quantitative estimate of drug-likeness (QED) is 0.629. The number of carbonyl (C=O) groups is 1. The zero-order valence-electron chi connectivity index (χ0n) is 10.1. The van der Waals surface area contributed by atoms with E-state index >= 15 is 0 Å². The standard InChI is InChI=1S/C14H12BrNO2/c1-9(14(17)18-2)5-10-6-11-7-12(15)3-4-13(11)16-8-10/h3-8H,1-2H3/b9-5+. The highest BCUT2D eigenvalue weighted by Gasteiger charge is 2.04. The van der Waals surface area contributed by atoms with Crippen LogP contribution in [0.25, 0.3) is 17.0 Å². The van der Waals surface area contributed by atoms with Gasteiger partial charge >= 0.3 is 5.97 Å². The second kappa shape index (κ2) is 5.31. The molecule has 92 valence electrons. The van der Waals surface area contributed by atoms with Crippen LogP contribution in [0.4, 0.5) is 0 Å². The van der Waals surface area contributed by atoms with Crippen LogP contribution in [-0.4, -0.2) is 18.1 Å². The molecular formula is C14H12BrNO2. The first-order valence-electron chi connectivity index (χ1n) is 5.42. The van der Waals surface area contributed by atoms with Crippen molar-refractivity contribution >= 4 is 38.9 Å². The zero-order chi connectivity index (χ0) is 13.1. The minimum atomic E-state index is -0.329. The molecule has 0 atom stereocenters. The first-order valence-corrected chi connectivity index (χ1v) is 6.21. The van der Waals surface area contributed by atoms with Crippen LogP contribution < -0.4 is 0 Å². The van der Waals surface area contributed by atoms with Crippen LogP contribution in [0.2, 0.25) is 0 Å². The minimum Gasteiger partial charge on any atom is -0.466 e. The van der Waals surface area contributed by atoms with Crippen molar-refractivity contribution in [3.05, 3.63) is 46.1 Å². The molecule has 1 heterocycles. The molecule has 0 saturated heterocycles. The highest BCUT2D eigenvalue weighted by Crippen LogP contribution is 2.20. The number of esters is 1. The van der Waals surface area contributed by atoms with E-state index in [1.165, 1.54) is 7.11 Å². The molecule has 0 spiro atoms. The molecule has 0 radical (unpaired) electrons. The van der Waals surface area contributed by atoms with Gasteiger partial charge < -0.3 is 4.74 Å². The number of pyridine rings is 1. The highest BCUT2D eigenvalue weighted by atomic mass is 79.9. The largest absolute Gasteiger partial charge is 0.466 e. The van der Waals surface area contributed by atoms with Crippen molar-refractivity contribution in [1.82, 2.24) is 4.98 Å². The summed E-state index contributed by atoms with van der Waals surface area (Å²) in [5.74, 6) is -0.329. The molecule has 0 unspecified atom stereocenters. The lowest BCUT2D eigenvalue weighted by atomic mass is 10.1. The summed E-state index contributed by atoms with van der Waals surface area (Å²) < 4.78 is 5.66. The molecule has 2 aromatic rings. The summed E-state index contributed by atoms with van der Waals surface area (Å²) in [6, 6.07) is 7.87. The van der Waals surface area contributed by atoms with E-state index in [9.17, 15) is 4.79 Å². The lowest BCUT2D eigenvalue weighted by molar-refractivity contribution is -0.135. The van der Waals surface area contributed by atoms with Crippen molar-refractivity contribution in [2.24, 2.45) is 0 Å². The number of halogens is 1. The van der Waals surface area contributed by atoms with Crippen molar-refractivity contribution < 1.29 is 9.53 Å². The Morgan fingerprint density at radius 1 is 1.39 bits per heavy atom. The van der Waals surface area contributed by atoms with Gasteiger partial charge in [-0.3, -0.25) is 4.98 Å². The summed E-state index contributed by atoms with van der Waals surface area (Å²) in [6.07, 6.45) is 3.50. The van der Waals surface area contributed by atoms with Crippen LogP contribution in [0.1, 0.15) is 12.5 Å². The minimum absolute atomic E-state index is 0.329. The molecule has 0 saturated carbocycles. The van der Waals surface area contributed by atoms with Gasteiger partial charge in [0.05, 0.1) is 12.6 Å². The molecule has 1 aromatic heterocycles. The summed E-state index contributed by atoms with van der Waals surface area (Å²) in [6.45, 7) is 1.72. The second-order valence-electron chi connectivity index (χ2n) is 3.92. The molecule has 0 N–H and O–H groups in total. The van der Waals surface area contributed by atoms with Crippen molar-refractivity contribution in [3.63, 3.8) is 0 Å². The van der Waals surface area contributed by atoms with Gasteiger partial charge in [-0.2, -0.15) is 0 Å². The fraction of sp³-hybridized carbons (Fsp3) is 0.143. The molecule has 0 aliphatic rings. The molecule has 3 nitrogen and oxygen atoms in total. The van der Waals surface area contributed by atoms with E-state index < -0.39 is 0 Å². The maximum absolute atomic E-state index is 11.3. The molecule has 4 heteroatoms. The summed E-state index contributed by atoms with van der Waals surface area (Å²) in [4.78, 5) is 15.7. The van der Waals surface area contributed by atoms with Crippen LogP contribution in [0.15, 0.2) is 40.5 Å². The van der Waals surface area contributed by atoms with Gasteiger partial charge in [-0.1, -0.05) is 15.9 Å². The molecule has 0 aliphatic heterocycles. The number of hydrogen-bond acceptors (Lipinski definition) is 3. The maximum Gasteiger partial charge on any atom is 0.333 e. The number of aromatic nitrogens is 1. The average molecular weight is 306 g/mol. The Morgan fingerprint density at radius 3 is 2.89 bits per heavy atom. The Morgan fingerprint density at radius 2 is 2.17 bits per heavy atom. The highest BCUT2D eigenvalue weighted by molar-refractivity contribution is 9.10. The number of nitrogens with zero attached hydrogens (tertiary/aromatic N) is 1. The number of methoxy groups -OCH3 is 1. The van der Waals surface area contributed by atoms with E-state index in [2.05, 4.69) is 25.7 Å². The lowest BCUT2D eigenvalue weighted by Crippen LogP contribution is -2.01. The third kappa shape index (κ3) is 2.76. The normalized spacial score (nSPS) is 11.6. The van der Waals surface area contributed by atoms with E-state index in [1.54, 1.807) is 19.2 Å². The monoisotopic (exact) mass is 305 g/mol. The van der Waals surface area contributed by atoms with Crippen LogP contribution in [0, 0.1) is 0 Å². The van der Waals surface area contributed by atoms with Gasteiger partial charge in [-0.15, -0.1) is 0 Å². The third-order valence-corrected chi connectivity index (χ3v) is 3.05. The Kier molecular flexibility index (Phi) is 3.77. The fourth-order valence-corrected chi connectivity index (χ4v) is 2.05. The molecule has 0 aliphatic carbocycles. The van der Waals surface area contributed by atoms with Crippen molar-refractivity contribution in [2.45, 2.75) is 6.92 Å². The molecule has 0 fully saturated rings. The van der Waals surface area contributed by atoms with E-state index in [-0.39, 0.29) is 5.97 Å². The number of rotatable bonds is 2. The van der Waals surface area contributed by atoms with Crippen LogP contribution in [0.3, 0.4) is 0 Å². The number of hydrogen-bond donors (Lipinski definition) is 0. The average Bonchev–Trinajstić information content (AvgIpc) is 2.37. The fourth-order valence-electron chi connectivity index (χ4n) is 1.67. The predicted octanol–water partition coefficient (Wildman–Crippen LogP) is 3.57. The van der Waals surface area contributed by atoms with Gasteiger partial charge in [0.2, 0.25) is 0 Å². The van der Waals surface area contributed by atoms with E-state index in [0.29, 0.717) is 5.57 Å². The van der Waals surface area contributed by atoms with Crippen LogP contribution in [-0.2, 0) is 9.53 Å². The number of carbonyl (C=O) groups excluding carboxylic acids is 1. The molecule has 0 amide bonds. The number of benzene rings is 1. The smallest absolute Gasteiger partial charge is 0.333 e. The number of ether oxygens (including phenoxy) is 1. The molecule has 1 aromatic carbocycles. The van der Waals surface area contributed by atoms with Gasteiger partial charge in [-0.05, 0) is 42.8 Å². The van der Waals surface area contributed by atoms with Gasteiger partial charge in [-0.25, -0.2) is 4.79 Å². The Balaban J connectivity index is 2.44. The molecule has 0 bridgehead atoms. The second-order valence-corrected chi connectivity index (χ2v) is 4.84. The summed E-state index contributed by atoms with van der Waals surface area (Å²) in [5.41, 5.74) is 2.35. The van der Waals surface area contributed by atoms with Crippen LogP contribution in [0.5, 0.6) is 0 Å². The number of fused-ring (bicyclic) bond motifs is 1. The SMILES string of the molecule is COC(=O)/C(C)=C/c1cnc2ccc(Br)cc2c1. The van der Waals surface area contributed by atoms with Gasteiger partial charge in [0.15, 0.2) is 0 Å². The third-order valence-electron chi connectivity index (χ3n) is 2.55. The topological polar surface area (TPSA) is 39.2 Å². The van der Waals surface area contributed by atoms with E-state index in [4.69, 9.17) is 0 Å².